The van der Waals surface area contributed by atoms with Crippen molar-refractivity contribution in [2.24, 2.45) is 0 Å². The van der Waals surface area contributed by atoms with Crippen molar-refractivity contribution in [2.45, 2.75) is 11.8 Å². The van der Waals surface area contributed by atoms with Gasteiger partial charge in [-0.25, -0.2) is 13.4 Å². The number of hydrogen-bond acceptors (Lipinski definition) is 8. The van der Waals surface area contributed by atoms with Gasteiger partial charge in [-0.2, -0.15) is 0 Å². The predicted octanol–water partition coefficient (Wildman–Crippen LogP) is 4.39. The minimum absolute atomic E-state index is 0. The Morgan fingerprint density at radius 3 is 2.45 bits per heavy atom. The highest BCUT2D eigenvalue weighted by molar-refractivity contribution is 7.92. The number of ether oxygens (including phenoxy) is 1. The van der Waals surface area contributed by atoms with Crippen LogP contribution in [-0.4, -0.2) is 70.6 Å². The number of fused-ring (bicyclic) bond motifs is 1. The van der Waals surface area contributed by atoms with Crippen molar-refractivity contribution < 1.29 is 17.9 Å². The molecule has 212 valence electrons. The Morgan fingerprint density at radius 1 is 1.02 bits per heavy atom. The topological polar surface area (TPSA) is 104 Å². The number of sulfonamides is 1. The number of aromatic nitrogens is 1. The lowest BCUT2D eigenvalue weighted by Gasteiger charge is -2.34. The second-order valence-corrected chi connectivity index (χ2v) is 12.1. The van der Waals surface area contributed by atoms with Gasteiger partial charge in [0.1, 0.15) is 5.75 Å². The molecule has 12 heteroatoms. The number of amides is 1. The molecule has 1 saturated heterocycles. The first-order valence-corrected chi connectivity index (χ1v) is 15.0. The van der Waals surface area contributed by atoms with Crippen LogP contribution in [-0.2, 0) is 10.0 Å². The number of nitrogens with zero attached hydrogens (tertiary/aromatic N) is 3. The summed E-state index contributed by atoms with van der Waals surface area (Å²) in [5, 5.41) is 4.02. The average Bonchev–Trinajstić information content (AvgIpc) is 3.39. The zero-order valence-electron chi connectivity index (χ0n) is 22.3. The standard InChI is InChI=1S/C28H31N5O4S2.ClH/c1-20-5-3-8-25-26(20)30-28(38-25)33-17-15-32(16-18-33)14-13-29-27(34)21-6-4-7-22(19-21)31-39(35,36)24-11-9-23(37-2)10-12-24;/h3-12,19,31H,13-18H2,1-2H3,(H,29,34);1H. The number of rotatable bonds is 9. The van der Waals surface area contributed by atoms with Crippen molar-refractivity contribution in [3.8, 4) is 5.75 Å². The molecule has 9 nitrogen and oxygen atoms in total. The maximum atomic E-state index is 12.8. The number of hydrogen-bond donors (Lipinski definition) is 2. The van der Waals surface area contributed by atoms with Gasteiger partial charge in [-0.15, -0.1) is 12.4 Å². The SMILES string of the molecule is COc1ccc(S(=O)(=O)Nc2cccc(C(=O)NCCN3CCN(c4nc5c(C)cccc5s4)CC3)c2)cc1.Cl. The van der Waals surface area contributed by atoms with Gasteiger partial charge in [0.05, 0.1) is 22.2 Å². The van der Waals surface area contributed by atoms with Crippen LogP contribution in [0.3, 0.4) is 0 Å². The number of aryl methyl sites for hydroxylation is 1. The van der Waals surface area contributed by atoms with Crippen LogP contribution in [0.15, 0.2) is 71.6 Å². The molecule has 1 aliphatic rings. The third-order valence-corrected chi connectivity index (χ3v) is 9.19. The number of halogens is 1. The number of carbonyl (C=O) groups is 1. The normalized spacial score (nSPS) is 14.0. The van der Waals surface area contributed by atoms with Crippen molar-refractivity contribution in [3.05, 3.63) is 77.9 Å². The number of thiazole rings is 1. The van der Waals surface area contributed by atoms with Crippen LogP contribution in [0.2, 0.25) is 0 Å². The first kappa shape index (κ1) is 29.6. The van der Waals surface area contributed by atoms with Crippen LogP contribution in [0.25, 0.3) is 10.2 Å². The zero-order valence-corrected chi connectivity index (χ0v) is 24.7. The third kappa shape index (κ3) is 6.84. The summed E-state index contributed by atoms with van der Waals surface area (Å²) >= 11 is 1.73. The molecule has 0 bridgehead atoms. The van der Waals surface area contributed by atoms with E-state index in [0.717, 1.165) is 43.4 Å². The van der Waals surface area contributed by atoms with Crippen LogP contribution in [0.5, 0.6) is 5.75 Å². The number of piperazine rings is 1. The van der Waals surface area contributed by atoms with Crippen molar-refractivity contribution in [1.29, 1.82) is 0 Å². The molecule has 0 atom stereocenters. The van der Waals surface area contributed by atoms with Gasteiger partial charge in [-0.3, -0.25) is 14.4 Å². The molecule has 3 aromatic carbocycles. The largest absolute Gasteiger partial charge is 0.497 e. The van der Waals surface area contributed by atoms with E-state index in [-0.39, 0.29) is 23.2 Å². The molecule has 2 N–H and O–H groups in total. The summed E-state index contributed by atoms with van der Waals surface area (Å²) in [4.78, 5) is 22.4. The van der Waals surface area contributed by atoms with Gasteiger partial charge >= 0.3 is 0 Å². The van der Waals surface area contributed by atoms with Gasteiger partial charge in [0.2, 0.25) is 0 Å². The Balaban J connectivity index is 0.00000370. The van der Waals surface area contributed by atoms with Crippen molar-refractivity contribution >= 4 is 60.7 Å². The smallest absolute Gasteiger partial charge is 0.261 e. The van der Waals surface area contributed by atoms with Crippen LogP contribution >= 0.6 is 23.7 Å². The van der Waals surface area contributed by atoms with Crippen molar-refractivity contribution in [2.75, 3.05) is 56.0 Å². The van der Waals surface area contributed by atoms with Crippen LogP contribution in [0.1, 0.15) is 15.9 Å². The van der Waals surface area contributed by atoms with E-state index >= 15 is 0 Å². The lowest BCUT2D eigenvalue weighted by Crippen LogP contribution is -2.48. The first-order valence-electron chi connectivity index (χ1n) is 12.7. The van der Waals surface area contributed by atoms with E-state index in [1.807, 2.05) is 0 Å². The van der Waals surface area contributed by atoms with Crippen LogP contribution in [0.4, 0.5) is 10.8 Å². The fourth-order valence-corrected chi connectivity index (χ4v) is 6.64. The third-order valence-electron chi connectivity index (χ3n) is 6.71. The van der Waals surface area contributed by atoms with Gasteiger partial charge in [-0.1, -0.05) is 29.5 Å². The molecule has 5 rings (SSSR count). The maximum Gasteiger partial charge on any atom is 0.261 e. The van der Waals surface area contributed by atoms with Crippen LogP contribution < -0.4 is 19.7 Å². The number of carbonyl (C=O) groups excluding carboxylic acids is 1. The Bertz CT molecular complexity index is 1570. The summed E-state index contributed by atoms with van der Waals surface area (Å²) in [6, 6.07) is 18.9. The Labute approximate surface area is 244 Å². The lowest BCUT2D eigenvalue weighted by atomic mass is 10.2. The fraction of sp³-hybridized carbons (Fsp3) is 0.286. The molecule has 0 unspecified atom stereocenters. The second-order valence-electron chi connectivity index (χ2n) is 9.36. The highest BCUT2D eigenvalue weighted by Crippen LogP contribution is 2.31. The number of nitrogens with one attached hydrogen (secondary N) is 2. The molecule has 1 fully saturated rings. The minimum Gasteiger partial charge on any atom is -0.497 e. The lowest BCUT2D eigenvalue weighted by molar-refractivity contribution is 0.0948. The second kappa shape index (κ2) is 12.9. The summed E-state index contributed by atoms with van der Waals surface area (Å²) in [6.07, 6.45) is 0. The number of benzene rings is 3. The maximum absolute atomic E-state index is 12.8. The van der Waals surface area contributed by atoms with E-state index < -0.39 is 10.0 Å². The summed E-state index contributed by atoms with van der Waals surface area (Å²) in [5.41, 5.74) is 2.99. The average molecular weight is 602 g/mol. The van der Waals surface area contributed by atoms with Crippen molar-refractivity contribution in [1.82, 2.24) is 15.2 Å². The molecule has 0 radical (unpaired) electrons. The molecule has 1 aromatic heterocycles. The van der Waals surface area contributed by atoms with Gasteiger partial charge in [0, 0.05) is 50.5 Å². The highest BCUT2D eigenvalue weighted by atomic mass is 35.5. The van der Waals surface area contributed by atoms with Crippen molar-refractivity contribution in [3.63, 3.8) is 0 Å². The number of methoxy groups -OCH3 is 1. The fourth-order valence-electron chi connectivity index (χ4n) is 4.50. The first-order chi connectivity index (χ1) is 18.8. The van der Waals surface area contributed by atoms with E-state index in [4.69, 9.17) is 9.72 Å². The molecule has 1 aliphatic heterocycles. The predicted molar refractivity (Wildman–Crippen MR) is 163 cm³/mol. The van der Waals surface area contributed by atoms with E-state index in [1.54, 1.807) is 41.7 Å². The summed E-state index contributed by atoms with van der Waals surface area (Å²) in [6.45, 7) is 6.91. The quantitative estimate of drug-likeness (QED) is 0.293. The van der Waals surface area contributed by atoms with Gasteiger partial charge in [0.15, 0.2) is 5.13 Å². The van der Waals surface area contributed by atoms with Gasteiger partial charge in [0.25, 0.3) is 15.9 Å². The molecular weight excluding hydrogens is 570 g/mol. The monoisotopic (exact) mass is 601 g/mol. The van der Waals surface area contributed by atoms with E-state index in [9.17, 15) is 13.2 Å². The summed E-state index contributed by atoms with van der Waals surface area (Å²) in [7, 11) is -2.28. The van der Waals surface area contributed by atoms with E-state index in [2.05, 4.69) is 45.0 Å². The number of anilines is 2. The van der Waals surface area contributed by atoms with Gasteiger partial charge < -0.3 is 15.0 Å². The van der Waals surface area contributed by atoms with E-state index in [0.29, 0.717) is 23.5 Å². The Hall–Kier alpha value is -3.38. The van der Waals surface area contributed by atoms with Gasteiger partial charge in [-0.05, 0) is 61.0 Å². The molecule has 0 spiro atoms. The molecule has 2 heterocycles. The number of para-hydroxylation sites is 1. The van der Waals surface area contributed by atoms with Crippen LogP contribution in [0, 0.1) is 6.92 Å². The Kier molecular flexibility index (Phi) is 9.52. The molecule has 0 aliphatic carbocycles. The zero-order chi connectivity index (χ0) is 27.4. The summed E-state index contributed by atoms with van der Waals surface area (Å²) < 4.78 is 34.3. The molecule has 40 heavy (non-hydrogen) atoms. The molecule has 4 aromatic rings. The molecule has 0 saturated carbocycles. The highest BCUT2D eigenvalue weighted by Gasteiger charge is 2.20. The van der Waals surface area contributed by atoms with E-state index in [1.165, 1.54) is 35.6 Å². The summed E-state index contributed by atoms with van der Waals surface area (Å²) in [5.74, 6) is 0.321. The Morgan fingerprint density at radius 2 is 1.75 bits per heavy atom. The minimum atomic E-state index is -3.80. The molecule has 1 amide bonds. The molecular formula is C28H32ClN5O4S2.